The third-order valence-electron chi connectivity index (χ3n) is 0.923. The molecule has 10 heavy (non-hydrogen) atoms. The number of carboxylic acid groups (broad SMARTS) is 1. The van der Waals surface area contributed by atoms with E-state index in [-0.39, 0.29) is 5.75 Å². The van der Waals surface area contributed by atoms with Crippen LogP contribution in [0.3, 0.4) is 0 Å². The number of carboxylic acids is 1. The van der Waals surface area contributed by atoms with Crippen molar-refractivity contribution < 1.29 is 15.0 Å². The Labute approximate surface area is 64.7 Å². The van der Waals surface area contributed by atoms with Crippen molar-refractivity contribution in [2.75, 3.05) is 5.75 Å². The van der Waals surface area contributed by atoms with Crippen molar-refractivity contribution in [1.29, 1.82) is 0 Å². The minimum absolute atomic E-state index is 0.167. The second-order valence-electron chi connectivity index (χ2n) is 1.92. The first kappa shape index (κ1) is 9.74. The van der Waals surface area contributed by atoms with Gasteiger partial charge in [0, 0.05) is 5.75 Å². The summed E-state index contributed by atoms with van der Waals surface area (Å²) in [5.41, 5.74) is 0. The first-order valence-corrected chi connectivity index (χ1v) is 3.49. The van der Waals surface area contributed by atoms with Crippen LogP contribution < -0.4 is 5.32 Å². The Balaban J connectivity index is 3.72. The molecular formula is C5H11NO3S. The fraction of sp³-hybridized carbons (Fsp3) is 0.800. The standard InChI is InChI=1S/C5H11NO3S/c1-3(7)6-4(2-10)5(8)9/h3-4,6-7,10H,2H2,1H3,(H,8,9). The monoisotopic (exact) mass is 165 g/mol. The van der Waals surface area contributed by atoms with E-state index in [9.17, 15) is 4.79 Å². The molecule has 0 amide bonds. The molecule has 0 heterocycles. The van der Waals surface area contributed by atoms with Crippen LogP contribution in [0.15, 0.2) is 0 Å². The highest BCUT2D eigenvalue weighted by molar-refractivity contribution is 7.80. The normalized spacial score (nSPS) is 16.3. The van der Waals surface area contributed by atoms with Gasteiger partial charge < -0.3 is 10.2 Å². The molecule has 0 bridgehead atoms. The quantitative estimate of drug-likeness (QED) is 0.328. The van der Waals surface area contributed by atoms with Gasteiger partial charge in [0.1, 0.15) is 12.3 Å². The zero-order valence-corrected chi connectivity index (χ0v) is 6.51. The summed E-state index contributed by atoms with van der Waals surface area (Å²) in [5.74, 6) is -0.837. The van der Waals surface area contributed by atoms with Crippen LogP contribution in [0.1, 0.15) is 6.92 Å². The summed E-state index contributed by atoms with van der Waals surface area (Å²) in [6.07, 6.45) is -0.812. The lowest BCUT2D eigenvalue weighted by atomic mass is 10.3. The Hall–Kier alpha value is -0.260. The van der Waals surface area contributed by atoms with Crippen molar-refractivity contribution in [3.63, 3.8) is 0 Å². The van der Waals surface area contributed by atoms with Crippen molar-refractivity contribution in [2.24, 2.45) is 0 Å². The molecule has 4 nitrogen and oxygen atoms in total. The fourth-order valence-corrected chi connectivity index (χ4v) is 0.755. The highest BCUT2D eigenvalue weighted by Crippen LogP contribution is 1.89. The highest BCUT2D eigenvalue weighted by Gasteiger charge is 2.15. The van der Waals surface area contributed by atoms with Gasteiger partial charge in [0.2, 0.25) is 0 Å². The Kier molecular flexibility index (Phi) is 4.42. The first-order valence-electron chi connectivity index (χ1n) is 2.85. The largest absolute Gasteiger partial charge is 0.480 e. The summed E-state index contributed by atoms with van der Waals surface area (Å²) in [4.78, 5) is 10.2. The third-order valence-corrected chi connectivity index (χ3v) is 1.29. The molecule has 0 aromatic carbocycles. The van der Waals surface area contributed by atoms with Crippen LogP contribution in [0, 0.1) is 0 Å². The van der Waals surface area contributed by atoms with Gasteiger partial charge in [0.25, 0.3) is 0 Å². The van der Waals surface area contributed by atoms with E-state index < -0.39 is 18.2 Å². The SMILES string of the molecule is CC(O)NC(CS)C(=O)O. The lowest BCUT2D eigenvalue weighted by Crippen LogP contribution is -2.43. The molecule has 0 aromatic heterocycles. The minimum Gasteiger partial charge on any atom is -0.480 e. The predicted molar refractivity (Wildman–Crippen MR) is 40.1 cm³/mol. The van der Waals surface area contributed by atoms with Crippen LogP contribution in [0.25, 0.3) is 0 Å². The highest BCUT2D eigenvalue weighted by atomic mass is 32.1. The molecule has 0 spiro atoms. The first-order chi connectivity index (χ1) is 4.57. The number of thiol groups is 1. The molecule has 0 saturated carbocycles. The summed E-state index contributed by atoms with van der Waals surface area (Å²) in [5, 5.41) is 19.5. The van der Waals surface area contributed by atoms with Gasteiger partial charge in [0.15, 0.2) is 0 Å². The number of carbonyl (C=O) groups is 1. The molecule has 2 unspecified atom stereocenters. The van der Waals surface area contributed by atoms with Crippen LogP contribution in [0.5, 0.6) is 0 Å². The number of nitrogens with one attached hydrogen (secondary N) is 1. The van der Waals surface area contributed by atoms with E-state index in [1.165, 1.54) is 6.92 Å². The summed E-state index contributed by atoms with van der Waals surface area (Å²) in [6, 6.07) is -0.775. The van der Waals surface area contributed by atoms with Gasteiger partial charge in [-0.2, -0.15) is 12.6 Å². The summed E-state index contributed by atoms with van der Waals surface area (Å²) >= 11 is 3.78. The fourth-order valence-electron chi connectivity index (χ4n) is 0.493. The number of rotatable bonds is 4. The van der Waals surface area contributed by atoms with Crippen LogP contribution in [0.2, 0.25) is 0 Å². The number of aliphatic hydroxyl groups excluding tert-OH is 1. The molecule has 0 fully saturated rings. The zero-order chi connectivity index (χ0) is 8.15. The van der Waals surface area contributed by atoms with Crippen molar-refractivity contribution >= 4 is 18.6 Å². The molecule has 0 rings (SSSR count). The predicted octanol–water partition coefficient (Wildman–Crippen LogP) is -0.703. The molecular weight excluding hydrogens is 154 g/mol. The number of aliphatic carboxylic acids is 1. The lowest BCUT2D eigenvalue weighted by Gasteiger charge is -2.13. The smallest absolute Gasteiger partial charge is 0.321 e. The van der Waals surface area contributed by atoms with Crippen molar-refractivity contribution in [2.45, 2.75) is 19.2 Å². The van der Waals surface area contributed by atoms with E-state index >= 15 is 0 Å². The lowest BCUT2D eigenvalue weighted by molar-refractivity contribution is -0.139. The summed E-state index contributed by atoms with van der Waals surface area (Å²) in [6.45, 7) is 1.46. The van der Waals surface area contributed by atoms with Crippen molar-refractivity contribution in [1.82, 2.24) is 5.32 Å². The van der Waals surface area contributed by atoms with Crippen LogP contribution >= 0.6 is 12.6 Å². The second kappa shape index (κ2) is 4.54. The van der Waals surface area contributed by atoms with Gasteiger partial charge in [0.05, 0.1) is 0 Å². The van der Waals surface area contributed by atoms with Crippen LogP contribution in [0.4, 0.5) is 0 Å². The molecule has 60 valence electrons. The maximum absolute atomic E-state index is 10.2. The van der Waals surface area contributed by atoms with Gasteiger partial charge in [-0.1, -0.05) is 0 Å². The van der Waals surface area contributed by atoms with E-state index in [0.717, 1.165) is 0 Å². The summed E-state index contributed by atoms with van der Waals surface area (Å²) < 4.78 is 0. The molecule has 0 aliphatic carbocycles. The third kappa shape index (κ3) is 3.71. The van der Waals surface area contributed by atoms with Crippen LogP contribution in [-0.2, 0) is 4.79 Å². The van der Waals surface area contributed by atoms with Crippen molar-refractivity contribution in [3.8, 4) is 0 Å². The Morgan fingerprint density at radius 3 is 2.40 bits per heavy atom. The molecule has 0 radical (unpaired) electrons. The van der Waals surface area contributed by atoms with Crippen LogP contribution in [-0.4, -0.2) is 34.2 Å². The minimum atomic E-state index is -1.00. The molecule has 0 aromatic rings. The van der Waals surface area contributed by atoms with Gasteiger partial charge in [-0.05, 0) is 6.92 Å². The topological polar surface area (TPSA) is 69.6 Å². The Morgan fingerprint density at radius 2 is 2.30 bits per heavy atom. The number of hydrogen-bond donors (Lipinski definition) is 4. The maximum atomic E-state index is 10.2. The molecule has 0 aliphatic heterocycles. The van der Waals surface area contributed by atoms with Gasteiger partial charge in [-0.3, -0.25) is 10.1 Å². The van der Waals surface area contributed by atoms with E-state index in [2.05, 4.69) is 17.9 Å². The Bertz CT molecular complexity index is 117. The zero-order valence-electron chi connectivity index (χ0n) is 5.61. The van der Waals surface area contributed by atoms with Gasteiger partial charge in [-0.15, -0.1) is 0 Å². The average molecular weight is 165 g/mol. The van der Waals surface area contributed by atoms with Crippen molar-refractivity contribution in [3.05, 3.63) is 0 Å². The molecule has 3 N–H and O–H groups in total. The van der Waals surface area contributed by atoms with E-state index in [4.69, 9.17) is 10.2 Å². The van der Waals surface area contributed by atoms with E-state index in [1.807, 2.05) is 0 Å². The molecule has 5 heteroatoms. The average Bonchev–Trinajstić information content (AvgIpc) is 1.81. The van der Waals surface area contributed by atoms with E-state index in [1.54, 1.807) is 0 Å². The molecule has 0 saturated heterocycles. The maximum Gasteiger partial charge on any atom is 0.321 e. The van der Waals surface area contributed by atoms with E-state index in [0.29, 0.717) is 0 Å². The van der Waals surface area contributed by atoms with Gasteiger partial charge in [-0.25, -0.2) is 0 Å². The van der Waals surface area contributed by atoms with Gasteiger partial charge >= 0.3 is 5.97 Å². The number of hydrogen-bond acceptors (Lipinski definition) is 4. The second-order valence-corrected chi connectivity index (χ2v) is 2.28. The Morgan fingerprint density at radius 1 is 1.80 bits per heavy atom. The molecule has 2 atom stereocenters. The summed E-state index contributed by atoms with van der Waals surface area (Å²) in [7, 11) is 0. The number of aliphatic hydroxyl groups is 1. The molecule has 0 aliphatic rings.